The van der Waals surface area contributed by atoms with Crippen LogP contribution in [0.25, 0.3) is 0 Å². The summed E-state index contributed by atoms with van der Waals surface area (Å²) < 4.78 is 0. The summed E-state index contributed by atoms with van der Waals surface area (Å²) in [5.74, 6) is 0. The molecule has 0 spiro atoms. The summed E-state index contributed by atoms with van der Waals surface area (Å²) in [6.07, 6.45) is 3.70. The fourth-order valence-electron chi connectivity index (χ4n) is 1.94. The third kappa shape index (κ3) is 1.34. The zero-order valence-corrected chi connectivity index (χ0v) is 8.53. The van der Waals surface area contributed by atoms with Crippen molar-refractivity contribution in [2.24, 2.45) is 0 Å². The predicted molar refractivity (Wildman–Crippen MR) is 55.7 cm³/mol. The minimum absolute atomic E-state index is 0.0799. The number of nitriles is 1. The molecule has 4 heteroatoms. The van der Waals surface area contributed by atoms with E-state index in [1.807, 2.05) is 0 Å². The first kappa shape index (κ1) is 9.35. The van der Waals surface area contributed by atoms with Crippen molar-refractivity contribution < 1.29 is 0 Å². The third-order valence-corrected chi connectivity index (χ3v) is 2.96. The largest absolute Gasteiger partial charge is 0.316 e. The van der Waals surface area contributed by atoms with Crippen molar-refractivity contribution in [3.8, 4) is 6.07 Å². The Morgan fingerprint density at radius 3 is 2.57 bits per heavy atom. The van der Waals surface area contributed by atoms with Crippen molar-refractivity contribution in [3.63, 3.8) is 0 Å². The smallest absolute Gasteiger partial charge is 0.252 e. The number of thiol groups is 1. The Bertz CT molecular complexity index is 470. The Kier molecular flexibility index (Phi) is 2.34. The zero-order valence-electron chi connectivity index (χ0n) is 7.63. The van der Waals surface area contributed by atoms with Crippen molar-refractivity contribution in [2.75, 3.05) is 0 Å². The standard InChI is InChI=1S/C10H10N2OS/c11-5-8-6-3-1-2-4-7(6)9(13)12-10(8)14/h1-4H2,(H2,12,13,14). The summed E-state index contributed by atoms with van der Waals surface area (Å²) in [5, 5.41) is 9.35. The molecule has 0 unspecified atom stereocenters. The van der Waals surface area contributed by atoms with Gasteiger partial charge in [0.2, 0.25) is 0 Å². The molecule has 3 nitrogen and oxygen atoms in total. The second-order valence-corrected chi connectivity index (χ2v) is 3.90. The van der Waals surface area contributed by atoms with Gasteiger partial charge in [-0.1, -0.05) is 0 Å². The molecule has 0 fully saturated rings. The molecule has 1 heterocycles. The lowest BCUT2D eigenvalue weighted by molar-refractivity contribution is 0.669. The van der Waals surface area contributed by atoms with Crippen LogP contribution in [-0.4, -0.2) is 4.98 Å². The molecule has 1 aliphatic carbocycles. The number of H-pyrrole nitrogens is 1. The molecule has 1 aromatic rings. The number of hydrogen-bond acceptors (Lipinski definition) is 3. The molecular weight excluding hydrogens is 196 g/mol. The SMILES string of the molecule is N#Cc1c(S)[nH]c(=O)c2c1CCCC2. The summed E-state index contributed by atoms with van der Waals surface area (Å²) in [5.41, 5.74) is 2.16. The van der Waals surface area contributed by atoms with Gasteiger partial charge in [0.1, 0.15) is 6.07 Å². The molecule has 1 aromatic heterocycles. The van der Waals surface area contributed by atoms with Crippen molar-refractivity contribution in [2.45, 2.75) is 30.7 Å². The van der Waals surface area contributed by atoms with Gasteiger partial charge in [0.15, 0.2) is 0 Å². The van der Waals surface area contributed by atoms with E-state index in [2.05, 4.69) is 23.7 Å². The second kappa shape index (κ2) is 3.50. The van der Waals surface area contributed by atoms with E-state index in [-0.39, 0.29) is 5.56 Å². The Labute approximate surface area is 87.2 Å². The molecule has 0 amide bonds. The van der Waals surface area contributed by atoms with Crippen molar-refractivity contribution in [1.29, 1.82) is 5.26 Å². The fraction of sp³-hybridized carbons (Fsp3) is 0.400. The second-order valence-electron chi connectivity index (χ2n) is 3.45. The Balaban J connectivity index is 2.75. The average Bonchev–Trinajstić information content (AvgIpc) is 2.18. The highest BCUT2D eigenvalue weighted by molar-refractivity contribution is 7.80. The molecule has 0 aromatic carbocycles. The predicted octanol–water partition coefficient (Wildman–Crippen LogP) is 1.41. The van der Waals surface area contributed by atoms with E-state index in [9.17, 15) is 4.79 Å². The first-order valence-corrected chi connectivity index (χ1v) is 5.06. The molecule has 14 heavy (non-hydrogen) atoms. The molecule has 0 radical (unpaired) electrons. The Morgan fingerprint density at radius 1 is 1.29 bits per heavy atom. The topological polar surface area (TPSA) is 56.6 Å². The molecule has 0 saturated carbocycles. The number of aromatic nitrogens is 1. The number of hydrogen-bond donors (Lipinski definition) is 2. The van der Waals surface area contributed by atoms with E-state index >= 15 is 0 Å². The quantitative estimate of drug-likeness (QED) is 0.631. The minimum atomic E-state index is -0.0799. The summed E-state index contributed by atoms with van der Waals surface area (Å²) in [6.45, 7) is 0. The van der Waals surface area contributed by atoms with Crippen LogP contribution in [0.5, 0.6) is 0 Å². The minimum Gasteiger partial charge on any atom is -0.316 e. The van der Waals surface area contributed by atoms with Gasteiger partial charge < -0.3 is 4.98 Å². The van der Waals surface area contributed by atoms with E-state index in [0.717, 1.165) is 36.8 Å². The van der Waals surface area contributed by atoms with E-state index in [0.29, 0.717) is 10.6 Å². The van der Waals surface area contributed by atoms with Crippen molar-refractivity contribution >= 4 is 12.6 Å². The summed E-state index contributed by atoms with van der Waals surface area (Å²) >= 11 is 4.10. The normalized spacial score (nSPS) is 14.6. The zero-order chi connectivity index (χ0) is 10.1. The maximum absolute atomic E-state index is 11.5. The number of pyridine rings is 1. The molecule has 0 bridgehead atoms. The number of rotatable bonds is 0. The number of fused-ring (bicyclic) bond motifs is 1. The third-order valence-electron chi connectivity index (χ3n) is 2.62. The van der Waals surface area contributed by atoms with Crippen LogP contribution in [-0.2, 0) is 12.8 Å². The molecule has 72 valence electrons. The summed E-state index contributed by atoms with van der Waals surface area (Å²) in [6, 6.07) is 2.10. The maximum atomic E-state index is 11.5. The lowest BCUT2D eigenvalue weighted by Gasteiger charge is -2.16. The summed E-state index contributed by atoms with van der Waals surface area (Å²) in [7, 11) is 0. The van der Waals surface area contributed by atoms with E-state index in [4.69, 9.17) is 5.26 Å². The number of aromatic amines is 1. The lowest BCUT2D eigenvalue weighted by atomic mass is 9.90. The molecular formula is C10H10N2OS. The number of nitrogens with one attached hydrogen (secondary N) is 1. The molecule has 0 aliphatic heterocycles. The molecule has 2 rings (SSSR count). The number of nitrogens with zero attached hydrogens (tertiary/aromatic N) is 1. The summed E-state index contributed by atoms with van der Waals surface area (Å²) in [4.78, 5) is 14.1. The highest BCUT2D eigenvalue weighted by Crippen LogP contribution is 2.23. The molecule has 1 aliphatic rings. The van der Waals surface area contributed by atoms with Gasteiger partial charge in [-0.3, -0.25) is 4.79 Å². The highest BCUT2D eigenvalue weighted by Gasteiger charge is 2.18. The molecule has 0 atom stereocenters. The fourth-order valence-corrected chi connectivity index (χ4v) is 2.23. The molecule has 1 N–H and O–H groups in total. The van der Waals surface area contributed by atoms with Gasteiger partial charge in [0.05, 0.1) is 10.6 Å². The van der Waals surface area contributed by atoms with Crippen LogP contribution in [0.3, 0.4) is 0 Å². The van der Waals surface area contributed by atoms with Crippen LogP contribution in [0.1, 0.15) is 29.5 Å². The van der Waals surface area contributed by atoms with Crippen molar-refractivity contribution in [3.05, 3.63) is 27.0 Å². The lowest BCUT2D eigenvalue weighted by Crippen LogP contribution is -2.21. The van der Waals surface area contributed by atoms with Crippen LogP contribution in [0, 0.1) is 11.3 Å². The van der Waals surface area contributed by atoms with Gasteiger partial charge >= 0.3 is 0 Å². The van der Waals surface area contributed by atoms with Crippen LogP contribution >= 0.6 is 12.6 Å². The van der Waals surface area contributed by atoms with Gasteiger partial charge in [-0.2, -0.15) is 5.26 Å². The van der Waals surface area contributed by atoms with E-state index in [1.54, 1.807) is 0 Å². The van der Waals surface area contributed by atoms with Gasteiger partial charge in [-0.05, 0) is 31.2 Å². The van der Waals surface area contributed by atoms with Gasteiger partial charge in [0, 0.05) is 5.56 Å². The first-order chi connectivity index (χ1) is 6.74. The van der Waals surface area contributed by atoms with Gasteiger partial charge in [-0.15, -0.1) is 12.6 Å². The van der Waals surface area contributed by atoms with Crippen LogP contribution in [0.15, 0.2) is 9.82 Å². The van der Waals surface area contributed by atoms with Crippen LogP contribution in [0.2, 0.25) is 0 Å². The van der Waals surface area contributed by atoms with Crippen LogP contribution in [0.4, 0.5) is 0 Å². The Morgan fingerprint density at radius 2 is 1.93 bits per heavy atom. The van der Waals surface area contributed by atoms with Gasteiger partial charge in [0.25, 0.3) is 5.56 Å². The van der Waals surface area contributed by atoms with Crippen molar-refractivity contribution in [1.82, 2.24) is 4.98 Å². The van der Waals surface area contributed by atoms with Gasteiger partial charge in [-0.25, -0.2) is 0 Å². The Hall–Kier alpha value is -1.21. The van der Waals surface area contributed by atoms with E-state index < -0.39 is 0 Å². The monoisotopic (exact) mass is 206 g/mol. The molecule has 0 saturated heterocycles. The maximum Gasteiger partial charge on any atom is 0.252 e. The average molecular weight is 206 g/mol. The highest BCUT2D eigenvalue weighted by atomic mass is 32.1. The first-order valence-electron chi connectivity index (χ1n) is 4.61. The van der Waals surface area contributed by atoms with E-state index in [1.165, 1.54) is 0 Å². The van der Waals surface area contributed by atoms with Crippen LogP contribution < -0.4 is 5.56 Å².